The van der Waals surface area contributed by atoms with Crippen molar-refractivity contribution in [1.29, 1.82) is 0 Å². The molecule has 2 aromatic rings. The van der Waals surface area contributed by atoms with Crippen molar-refractivity contribution in [1.82, 2.24) is 15.0 Å². The maximum atomic E-state index is 13.5. The molecule has 0 aliphatic rings. The standard InChI is InChI=1S/C10H10FN3O/c1-7-2-3-10(9(11)4-7)14-5-8(6-15)12-13-14/h2-5,15H,6H2,1H3. The van der Waals surface area contributed by atoms with Gasteiger partial charge in [0.15, 0.2) is 0 Å². The van der Waals surface area contributed by atoms with E-state index < -0.39 is 0 Å². The lowest BCUT2D eigenvalue weighted by Crippen LogP contribution is -1.98. The molecule has 0 radical (unpaired) electrons. The van der Waals surface area contributed by atoms with Crippen LogP contribution in [0.15, 0.2) is 24.4 Å². The lowest BCUT2D eigenvalue weighted by molar-refractivity contribution is 0.276. The van der Waals surface area contributed by atoms with Gasteiger partial charge in [-0.1, -0.05) is 11.3 Å². The molecule has 1 N–H and O–H groups in total. The molecular formula is C10H10FN3O. The third-order valence-electron chi connectivity index (χ3n) is 2.05. The highest BCUT2D eigenvalue weighted by molar-refractivity contribution is 5.35. The van der Waals surface area contributed by atoms with Crippen molar-refractivity contribution in [3.8, 4) is 5.69 Å². The van der Waals surface area contributed by atoms with Gasteiger partial charge in [-0.15, -0.1) is 5.10 Å². The van der Waals surface area contributed by atoms with E-state index >= 15 is 0 Å². The average molecular weight is 207 g/mol. The van der Waals surface area contributed by atoms with Crippen LogP contribution >= 0.6 is 0 Å². The van der Waals surface area contributed by atoms with Crippen LogP contribution in [-0.2, 0) is 6.61 Å². The van der Waals surface area contributed by atoms with Crippen molar-refractivity contribution in [3.63, 3.8) is 0 Å². The van der Waals surface area contributed by atoms with Crippen molar-refractivity contribution >= 4 is 0 Å². The Labute approximate surface area is 86.0 Å². The molecule has 0 amide bonds. The number of rotatable bonds is 2. The number of aliphatic hydroxyl groups is 1. The molecule has 78 valence electrons. The van der Waals surface area contributed by atoms with E-state index in [4.69, 9.17) is 5.11 Å². The summed E-state index contributed by atoms with van der Waals surface area (Å²) in [6.45, 7) is 1.61. The molecule has 0 aliphatic heterocycles. The van der Waals surface area contributed by atoms with Crippen LogP contribution in [0.5, 0.6) is 0 Å². The summed E-state index contributed by atoms with van der Waals surface area (Å²) in [5.74, 6) is -0.357. The Kier molecular flexibility index (Phi) is 2.47. The molecule has 1 aromatic heterocycles. The van der Waals surface area contributed by atoms with Gasteiger partial charge in [0.05, 0.1) is 12.8 Å². The quantitative estimate of drug-likeness (QED) is 0.805. The normalized spacial score (nSPS) is 10.6. The van der Waals surface area contributed by atoms with Crippen LogP contribution < -0.4 is 0 Å². The van der Waals surface area contributed by atoms with Crippen LogP contribution in [0, 0.1) is 12.7 Å². The van der Waals surface area contributed by atoms with Gasteiger partial charge >= 0.3 is 0 Å². The van der Waals surface area contributed by atoms with E-state index in [1.807, 2.05) is 6.92 Å². The summed E-state index contributed by atoms with van der Waals surface area (Å²) in [6.07, 6.45) is 1.49. The number of benzene rings is 1. The molecule has 0 fully saturated rings. The molecule has 0 bridgehead atoms. The Bertz CT molecular complexity index is 481. The number of aryl methyl sites for hydroxylation is 1. The molecule has 0 atom stereocenters. The van der Waals surface area contributed by atoms with E-state index in [9.17, 15) is 4.39 Å². The van der Waals surface area contributed by atoms with Crippen LogP contribution in [-0.4, -0.2) is 20.1 Å². The van der Waals surface area contributed by atoms with Gasteiger partial charge in [0.25, 0.3) is 0 Å². The summed E-state index contributed by atoms with van der Waals surface area (Å²) in [4.78, 5) is 0. The zero-order valence-electron chi connectivity index (χ0n) is 8.18. The summed E-state index contributed by atoms with van der Waals surface area (Å²) in [7, 11) is 0. The van der Waals surface area contributed by atoms with Gasteiger partial charge in [-0.3, -0.25) is 0 Å². The molecule has 0 spiro atoms. The van der Waals surface area contributed by atoms with Gasteiger partial charge in [-0.25, -0.2) is 9.07 Å². The van der Waals surface area contributed by atoms with Crippen molar-refractivity contribution in [3.05, 3.63) is 41.5 Å². The first-order valence-corrected chi connectivity index (χ1v) is 4.49. The van der Waals surface area contributed by atoms with E-state index in [2.05, 4.69) is 10.3 Å². The van der Waals surface area contributed by atoms with Crippen molar-refractivity contribution < 1.29 is 9.50 Å². The summed E-state index contributed by atoms with van der Waals surface area (Å²) in [5, 5.41) is 16.2. The van der Waals surface area contributed by atoms with Crippen LogP contribution in [0.1, 0.15) is 11.3 Å². The lowest BCUT2D eigenvalue weighted by Gasteiger charge is -2.02. The Morgan fingerprint density at radius 3 is 2.87 bits per heavy atom. The first-order valence-electron chi connectivity index (χ1n) is 4.49. The summed E-state index contributed by atoms with van der Waals surface area (Å²) < 4.78 is 14.8. The predicted octanol–water partition coefficient (Wildman–Crippen LogP) is 1.21. The Morgan fingerprint density at radius 2 is 2.27 bits per heavy atom. The van der Waals surface area contributed by atoms with Crippen LogP contribution in [0.2, 0.25) is 0 Å². The van der Waals surface area contributed by atoms with Gasteiger partial charge in [0, 0.05) is 0 Å². The van der Waals surface area contributed by atoms with E-state index in [1.54, 1.807) is 12.1 Å². The zero-order valence-corrected chi connectivity index (χ0v) is 8.18. The first-order chi connectivity index (χ1) is 7.20. The topological polar surface area (TPSA) is 50.9 Å². The average Bonchev–Trinajstić information content (AvgIpc) is 2.66. The molecule has 4 nitrogen and oxygen atoms in total. The molecule has 0 aliphatic carbocycles. The molecule has 1 heterocycles. The number of hydrogen-bond acceptors (Lipinski definition) is 3. The summed E-state index contributed by atoms with van der Waals surface area (Å²) in [6, 6.07) is 4.84. The summed E-state index contributed by atoms with van der Waals surface area (Å²) in [5.41, 5.74) is 1.58. The highest BCUT2D eigenvalue weighted by atomic mass is 19.1. The lowest BCUT2D eigenvalue weighted by atomic mass is 10.2. The van der Waals surface area contributed by atoms with Gasteiger partial charge in [-0.2, -0.15) is 0 Å². The Balaban J connectivity index is 2.44. The largest absolute Gasteiger partial charge is 0.390 e. The smallest absolute Gasteiger partial charge is 0.149 e. The van der Waals surface area contributed by atoms with Gasteiger partial charge in [0.2, 0.25) is 0 Å². The molecule has 0 saturated heterocycles. The number of nitrogens with zero attached hydrogens (tertiary/aromatic N) is 3. The van der Waals surface area contributed by atoms with Crippen molar-refractivity contribution in [2.75, 3.05) is 0 Å². The second kappa shape index (κ2) is 3.78. The molecular weight excluding hydrogens is 197 g/mol. The summed E-state index contributed by atoms with van der Waals surface area (Å²) >= 11 is 0. The fourth-order valence-electron chi connectivity index (χ4n) is 1.29. The maximum Gasteiger partial charge on any atom is 0.149 e. The van der Waals surface area contributed by atoms with Gasteiger partial charge in [0.1, 0.15) is 17.2 Å². The highest BCUT2D eigenvalue weighted by Crippen LogP contribution is 2.13. The number of halogens is 1. The molecule has 0 unspecified atom stereocenters. The highest BCUT2D eigenvalue weighted by Gasteiger charge is 2.06. The minimum Gasteiger partial charge on any atom is -0.390 e. The minimum absolute atomic E-state index is 0.201. The second-order valence-electron chi connectivity index (χ2n) is 3.27. The molecule has 0 saturated carbocycles. The fourth-order valence-corrected chi connectivity index (χ4v) is 1.29. The molecule has 1 aromatic carbocycles. The second-order valence-corrected chi connectivity index (χ2v) is 3.27. The molecule has 2 rings (SSSR count). The van der Waals surface area contributed by atoms with Crippen LogP contribution in [0.3, 0.4) is 0 Å². The van der Waals surface area contributed by atoms with E-state index in [0.717, 1.165) is 5.56 Å². The van der Waals surface area contributed by atoms with Crippen molar-refractivity contribution in [2.24, 2.45) is 0 Å². The maximum absolute atomic E-state index is 13.5. The first kappa shape index (κ1) is 9.79. The van der Waals surface area contributed by atoms with Crippen LogP contribution in [0.25, 0.3) is 5.69 Å². The SMILES string of the molecule is Cc1ccc(-n2cc(CO)nn2)c(F)c1. The predicted molar refractivity (Wildman–Crippen MR) is 52.0 cm³/mol. The van der Waals surface area contributed by atoms with E-state index in [0.29, 0.717) is 11.4 Å². The van der Waals surface area contributed by atoms with Gasteiger partial charge < -0.3 is 5.11 Å². The minimum atomic E-state index is -0.357. The fraction of sp³-hybridized carbons (Fsp3) is 0.200. The number of hydrogen-bond donors (Lipinski definition) is 1. The monoisotopic (exact) mass is 207 g/mol. The van der Waals surface area contributed by atoms with Crippen molar-refractivity contribution in [2.45, 2.75) is 13.5 Å². The number of aliphatic hydroxyl groups excluding tert-OH is 1. The third kappa shape index (κ3) is 1.87. The van der Waals surface area contributed by atoms with E-state index in [1.165, 1.54) is 16.9 Å². The Hall–Kier alpha value is -1.75. The molecule has 5 heteroatoms. The number of aromatic nitrogens is 3. The Morgan fingerprint density at radius 1 is 1.47 bits per heavy atom. The van der Waals surface area contributed by atoms with Gasteiger partial charge in [-0.05, 0) is 24.6 Å². The van der Waals surface area contributed by atoms with Crippen LogP contribution in [0.4, 0.5) is 4.39 Å². The van der Waals surface area contributed by atoms with E-state index in [-0.39, 0.29) is 12.4 Å². The zero-order chi connectivity index (χ0) is 10.8. The third-order valence-corrected chi connectivity index (χ3v) is 2.05. The molecule has 15 heavy (non-hydrogen) atoms.